The molecule has 9 heavy (non-hydrogen) atoms. The molecule has 0 unspecified atom stereocenters. The average molecular weight is 129 g/mol. The molecular formula is C5H7NO3. The maximum atomic E-state index is 10.6. The van der Waals surface area contributed by atoms with Crippen LogP contribution in [0.15, 0.2) is 0 Å². The van der Waals surface area contributed by atoms with Crippen LogP contribution in [-0.4, -0.2) is 35.0 Å². The van der Waals surface area contributed by atoms with E-state index in [-0.39, 0.29) is 12.3 Å². The lowest BCUT2D eigenvalue weighted by Crippen LogP contribution is -2.27. The summed E-state index contributed by atoms with van der Waals surface area (Å²) in [5.74, 6) is -0.812. The fourth-order valence-corrected chi connectivity index (χ4v) is 0.736. The van der Waals surface area contributed by atoms with Crippen LogP contribution in [0.3, 0.4) is 0 Å². The molecule has 0 aromatic heterocycles. The van der Waals surface area contributed by atoms with Gasteiger partial charge in [0, 0.05) is 7.05 Å². The minimum absolute atomic E-state index is 0.0602. The smallest absolute Gasteiger partial charge is 0.258 e. The second kappa shape index (κ2) is 1.80. The first-order chi connectivity index (χ1) is 4.13. The summed E-state index contributed by atoms with van der Waals surface area (Å²) in [6, 6.07) is 0. The van der Waals surface area contributed by atoms with E-state index in [0.29, 0.717) is 0 Å². The number of hydrogen-bond donors (Lipinski definition) is 1. The summed E-state index contributed by atoms with van der Waals surface area (Å²) >= 11 is 0. The van der Waals surface area contributed by atoms with Gasteiger partial charge in [-0.05, 0) is 0 Å². The Hall–Kier alpha value is -0.900. The standard InChI is InChI=1S/C5H7NO3/c1-6-4(8)2-3(7)5(6)9/h3,7H,2H2,1H3/t3-/m1/s1. The number of nitrogens with zero attached hydrogens (tertiary/aromatic N) is 1. The summed E-state index contributed by atoms with van der Waals surface area (Å²) in [5.41, 5.74) is 0. The quantitative estimate of drug-likeness (QED) is 0.415. The van der Waals surface area contributed by atoms with E-state index in [0.717, 1.165) is 4.90 Å². The lowest BCUT2D eigenvalue weighted by Gasteiger charge is -2.02. The number of carbonyl (C=O) groups excluding carboxylic acids is 2. The number of hydrogen-bond acceptors (Lipinski definition) is 3. The molecule has 0 saturated carbocycles. The molecule has 4 nitrogen and oxygen atoms in total. The fraction of sp³-hybridized carbons (Fsp3) is 0.600. The van der Waals surface area contributed by atoms with Crippen LogP contribution in [0.5, 0.6) is 0 Å². The zero-order chi connectivity index (χ0) is 7.02. The molecule has 1 aliphatic rings. The van der Waals surface area contributed by atoms with E-state index in [1.54, 1.807) is 0 Å². The van der Waals surface area contributed by atoms with Crippen LogP contribution in [0.25, 0.3) is 0 Å². The van der Waals surface area contributed by atoms with Crippen molar-refractivity contribution in [2.75, 3.05) is 7.05 Å². The molecular weight excluding hydrogens is 122 g/mol. The number of likely N-dealkylation sites (tertiary alicyclic amines) is 1. The van der Waals surface area contributed by atoms with Crippen LogP contribution in [0.2, 0.25) is 0 Å². The summed E-state index contributed by atoms with van der Waals surface area (Å²) in [7, 11) is 1.36. The van der Waals surface area contributed by atoms with Gasteiger partial charge >= 0.3 is 0 Å². The first kappa shape index (κ1) is 6.22. The van der Waals surface area contributed by atoms with E-state index in [2.05, 4.69) is 0 Å². The van der Waals surface area contributed by atoms with Gasteiger partial charge in [-0.25, -0.2) is 0 Å². The molecule has 1 N–H and O–H groups in total. The topological polar surface area (TPSA) is 57.6 Å². The summed E-state index contributed by atoms with van der Waals surface area (Å²) in [5, 5.41) is 8.73. The molecule has 1 rings (SSSR count). The third-order valence-corrected chi connectivity index (χ3v) is 1.36. The average Bonchev–Trinajstić information content (AvgIpc) is 1.98. The molecule has 0 radical (unpaired) electrons. The van der Waals surface area contributed by atoms with E-state index in [1.807, 2.05) is 0 Å². The lowest BCUT2D eigenvalue weighted by molar-refractivity contribution is -0.139. The summed E-state index contributed by atoms with van der Waals surface area (Å²) in [6.07, 6.45) is -1.16. The minimum Gasteiger partial charge on any atom is -0.383 e. The second-order valence-electron chi connectivity index (χ2n) is 2.01. The van der Waals surface area contributed by atoms with Crippen LogP contribution < -0.4 is 0 Å². The Morgan fingerprint density at radius 2 is 2.22 bits per heavy atom. The van der Waals surface area contributed by atoms with Crippen molar-refractivity contribution in [3.63, 3.8) is 0 Å². The number of amides is 2. The molecule has 1 aliphatic heterocycles. The van der Waals surface area contributed by atoms with E-state index >= 15 is 0 Å². The Labute approximate surface area is 52.1 Å². The van der Waals surface area contributed by atoms with E-state index in [1.165, 1.54) is 7.05 Å². The molecule has 2 amide bonds. The highest BCUT2D eigenvalue weighted by atomic mass is 16.3. The zero-order valence-corrected chi connectivity index (χ0v) is 5.00. The van der Waals surface area contributed by atoms with Crippen LogP contribution >= 0.6 is 0 Å². The predicted molar refractivity (Wildman–Crippen MR) is 28.4 cm³/mol. The van der Waals surface area contributed by atoms with Gasteiger partial charge in [-0.3, -0.25) is 14.5 Å². The number of carbonyl (C=O) groups is 2. The number of rotatable bonds is 0. The van der Waals surface area contributed by atoms with Crippen molar-refractivity contribution in [1.29, 1.82) is 0 Å². The summed E-state index contributed by atoms with van der Waals surface area (Å²) < 4.78 is 0. The van der Waals surface area contributed by atoms with Gasteiger partial charge in [0.25, 0.3) is 5.91 Å². The van der Waals surface area contributed by atoms with Crippen molar-refractivity contribution >= 4 is 11.8 Å². The Bertz CT molecular complexity index is 166. The summed E-state index contributed by atoms with van der Waals surface area (Å²) in [6.45, 7) is 0. The fourth-order valence-electron chi connectivity index (χ4n) is 0.736. The summed E-state index contributed by atoms with van der Waals surface area (Å²) in [4.78, 5) is 22.0. The van der Waals surface area contributed by atoms with Crippen molar-refractivity contribution in [2.24, 2.45) is 0 Å². The van der Waals surface area contributed by atoms with Crippen LogP contribution in [0.4, 0.5) is 0 Å². The van der Waals surface area contributed by atoms with Crippen molar-refractivity contribution in [1.82, 2.24) is 4.90 Å². The Balaban J connectivity index is 2.77. The molecule has 0 aromatic rings. The van der Waals surface area contributed by atoms with Gasteiger partial charge in [0.05, 0.1) is 6.42 Å². The lowest BCUT2D eigenvalue weighted by atomic mass is 10.3. The minimum atomic E-state index is -1.09. The zero-order valence-electron chi connectivity index (χ0n) is 5.00. The van der Waals surface area contributed by atoms with Crippen molar-refractivity contribution < 1.29 is 14.7 Å². The molecule has 0 aliphatic carbocycles. The third-order valence-electron chi connectivity index (χ3n) is 1.36. The first-order valence-corrected chi connectivity index (χ1v) is 2.61. The Kier molecular flexibility index (Phi) is 1.25. The molecule has 1 heterocycles. The number of imide groups is 1. The normalized spacial score (nSPS) is 27.8. The molecule has 50 valence electrons. The van der Waals surface area contributed by atoms with Crippen LogP contribution in [0.1, 0.15) is 6.42 Å². The number of aliphatic hydroxyl groups excluding tert-OH is 1. The SMILES string of the molecule is CN1C(=O)C[C@@H](O)C1=O. The second-order valence-corrected chi connectivity index (χ2v) is 2.01. The molecule has 0 bridgehead atoms. The Morgan fingerprint density at radius 3 is 2.33 bits per heavy atom. The van der Waals surface area contributed by atoms with Crippen molar-refractivity contribution in [3.8, 4) is 0 Å². The van der Waals surface area contributed by atoms with Gasteiger partial charge in [-0.2, -0.15) is 0 Å². The molecule has 0 spiro atoms. The third kappa shape index (κ3) is 0.810. The van der Waals surface area contributed by atoms with E-state index in [9.17, 15) is 9.59 Å². The number of likely N-dealkylation sites (N-methyl/N-ethyl adjacent to an activating group) is 1. The Morgan fingerprint density at radius 1 is 1.67 bits per heavy atom. The highest BCUT2D eigenvalue weighted by Gasteiger charge is 2.33. The monoisotopic (exact) mass is 129 g/mol. The van der Waals surface area contributed by atoms with Gasteiger partial charge in [0.1, 0.15) is 6.10 Å². The first-order valence-electron chi connectivity index (χ1n) is 2.61. The highest BCUT2D eigenvalue weighted by Crippen LogP contribution is 2.08. The molecule has 4 heteroatoms. The van der Waals surface area contributed by atoms with Crippen molar-refractivity contribution in [2.45, 2.75) is 12.5 Å². The van der Waals surface area contributed by atoms with Gasteiger partial charge in [0.2, 0.25) is 5.91 Å². The van der Waals surface area contributed by atoms with Crippen LogP contribution in [-0.2, 0) is 9.59 Å². The maximum Gasteiger partial charge on any atom is 0.258 e. The highest BCUT2D eigenvalue weighted by molar-refractivity contribution is 6.04. The van der Waals surface area contributed by atoms with Crippen molar-refractivity contribution in [3.05, 3.63) is 0 Å². The van der Waals surface area contributed by atoms with Gasteiger partial charge in [0.15, 0.2) is 0 Å². The maximum absolute atomic E-state index is 10.6. The molecule has 1 atom stereocenters. The van der Waals surface area contributed by atoms with Gasteiger partial charge in [-0.15, -0.1) is 0 Å². The number of aliphatic hydroxyl groups is 1. The van der Waals surface area contributed by atoms with Gasteiger partial charge < -0.3 is 5.11 Å². The molecule has 0 aromatic carbocycles. The van der Waals surface area contributed by atoms with E-state index in [4.69, 9.17) is 5.11 Å². The van der Waals surface area contributed by atoms with Crippen LogP contribution in [0, 0.1) is 0 Å². The largest absolute Gasteiger partial charge is 0.383 e. The van der Waals surface area contributed by atoms with E-state index < -0.39 is 12.0 Å². The molecule has 1 fully saturated rings. The predicted octanol–water partition coefficient (Wildman–Crippen LogP) is -1.26. The van der Waals surface area contributed by atoms with Gasteiger partial charge in [-0.1, -0.05) is 0 Å². The molecule has 1 saturated heterocycles.